The fraction of sp³-hybridized carbons (Fsp3) is 0.304. The van der Waals surface area contributed by atoms with E-state index in [1.54, 1.807) is 0 Å². The van der Waals surface area contributed by atoms with Crippen molar-refractivity contribution in [2.75, 3.05) is 27.2 Å². The molecule has 0 saturated carbocycles. The molecule has 0 spiro atoms. The molecule has 3 heterocycles. The minimum absolute atomic E-state index is 0.00400. The molecule has 0 bridgehead atoms. The van der Waals surface area contributed by atoms with Gasteiger partial charge in [-0.1, -0.05) is 18.2 Å². The van der Waals surface area contributed by atoms with Crippen molar-refractivity contribution < 1.29 is 0 Å². The van der Waals surface area contributed by atoms with E-state index < -0.39 is 0 Å². The Labute approximate surface area is 178 Å². The first-order chi connectivity index (χ1) is 14.0. The Morgan fingerprint density at radius 1 is 1.10 bits per heavy atom. The second-order valence-electron chi connectivity index (χ2n) is 7.77. The first-order valence-electron chi connectivity index (χ1n) is 9.91. The summed E-state index contributed by atoms with van der Waals surface area (Å²) < 4.78 is 2.27. The van der Waals surface area contributed by atoms with Gasteiger partial charge in [0.25, 0.3) is 0 Å². The van der Waals surface area contributed by atoms with E-state index in [4.69, 9.17) is 12.2 Å². The molecule has 1 aliphatic rings. The number of nitrogens with one attached hydrogen (secondary N) is 1. The number of thiocarbonyl (C=S) groups is 1. The normalized spacial score (nSPS) is 19.0. The molecule has 3 aromatic rings. The summed E-state index contributed by atoms with van der Waals surface area (Å²) in [6.07, 6.45) is 3.98. The van der Waals surface area contributed by atoms with E-state index in [-0.39, 0.29) is 12.1 Å². The topological polar surface area (TPSA) is 36.3 Å². The highest BCUT2D eigenvalue weighted by molar-refractivity contribution is 7.80. The van der Waals surface area contributed by atoms with Crippen LogP contribution in [0, 0.1) is 6.92 Å². The molecule has 5 nitrogen and oxygen atoms in total. The van der Waals surface area contributed by atoms with Crippen LogP contribution in [0.25, 0.3) is 5.69 Å². The number of nitrogens with zero attached hydrogens (tertiary/aromatic N) is 4. The highest BCUT2D eigenvalue weighted by Crippen LogP contribution is 2.39. The van der Waals surface area contributed by atoms with Crippen molar-refractivity contribution in [3.63, 3.8) is 0 Å². The first kappa shape index (κ1) is 19.6. The summed E-state index contributed by atoms with van der Waals surface area (Å²) >= 11 is 5.76. The molecule has 0 aliphatic carbocycles. The molecule has 2 aromatic heterocycles. The number of hydrogen-bond acceptors (Lipinski definition) is 3. The third-order valence-corrected chi connectivity index (χ3v) is 5.70. The largest absolute Gasteiger partial charge is 0.352 e. The minimum Gasteiger partial charge on any atom is -0.352 e. The molecule has 4 rings (SSSR count). The van der Waals surface area contributed by atoms with Gasteiger partial charge in [-0.2, -0.15) is 0 Å². The maximum absolute atomic E-state index is 5.76. The van der Waals surface area contributed by atoms with E-state index in [1.807, 2.05) is 18.3 Å². The Kier molecular flexibility index (Phi) is 5.65. The van der Waals surface area contributed by atoms with Crippen molar-refractivity contribution in [3.8, 4) is 5.69 Å². The molecular weight excluding hydrogens is 378 g/mol. The average molecular weight is 406 g/mol. The van der Waals surface area contributed by atoms with Crippen LogP contribution >= 0.6 is 12.2 Å². The zero-order valence-corrected chi connectivity index (χ0v) is 17.9. The van der Waals surface area contributed by atoms with Gasteiger partial charge in [-0.25, -0.2) is 0 Å². The lowest BCUT2D eigenvalue weighted by Crippen LogP contribution is -2.36. The first-order valence-corrected chi connectivity index (χ1v) is 10.3. The zero-order valence-electron chi connectivity index (χ0n) is 17.1. The molecule has 2 atom stereocenters. The van der Waals surface area contributed by atoms with E-state index in [1.165, 1.54) is 11.3 Å². The molecule has 1 saturated heterocycles. The van der Waals surface area contributed by atoms with Gasteiger partial charge in [-0.3, -0.25) is 4.98 Å². The number of hydrogen-bond donors (Lipinski definition) is 1. The van der Waals surface area contributed by atoms with Gasteiger partial charge in [-0.05, 0) is 75.2 Å². The maximum atomic E-state index is 5.76. The summed E-state index contributed by atoms with van der Waals surface area (Å²) in [5.41, 5.74) is 4.62. The molecule has 1 N–H and O–H groups in total. The summed E-state index contributed by atoms with van der Waals surface area (Å²) in [5, 5.41) is 4.32. The highest BCUT2D eigenvalue weighted by Gasteiger charge is 2.41. The molecule has 0 radical (unpaired) electrons. The van der Waals surface area contributed by atoms with Crippen LogP contribution in [0.4, 0.5) is 0 Å². The zero-order chi connectivity index (χ0) is 20.4. The lowest BCUT2D eigenvalue weighted by molar-refractivity contribution is 0.272. The second-order valence-corrected chi connectivity index (χ2v) is 8.15. The fourth-order valence-corrected chi connectivity index (χ4v) is 4.26. The average Bonchev–Trinajstić information content (AvgIpc) is 3.31. The Balaban J connectivity index is 1.78. The number of aromatic nitrogens is 2. The Morgan fingerprint density at radius 2 is 1.97 bits per heavy atom. The van der Waals surface area contributed by atoms with Crippen LogP contribution in [0.15, 0.2) is 67.0 Å². The van der Waals surface area contributed by atoms with Crippen LogP contribution in [0.3, 0.4) is 0 Å². The standard InChI is InChI=1S/C23H27N5S/c1-17-8-6-9-18(16-17)27-13-7-11-20(27)22-21(19-10-4-5-12-24-19)25-23(29)28(22)15-14-26(2)3/h4-13,16,21-22H,14-15H2,1-3H3,(H,25,29)/t21-,22+/m0/s1. The van der Waals surface area contributed by atoms with Gasteiger partial charge in [0.2, 0.25) is 0 Å². The van der Waals surface area contributed by atoms with Crippen molar-refractivity contribution >= 4 is 17.3 Å². The van der Waals surface area contributed by atoms with Crippen LogP contribution in [0.1, 0.15) is 29.0 Å². The van der Waals surface area contributed by atoms with Gasteiger partial charge in [0, 0.05) is 36.9 Å². The van der Waals surface area contributed by atoms with Crippen LogP contribution in [0.5, 0.6) is 0 Å². The molecule has 1 fully saturated rings. The number of rotatable bonds is 6. The van der Waals surface area contributed by atoms with Crippen molar-refractivity contribution in [1.29, 1.82) is 0 Å². The van der Waals surface area contributed by atoms with Crippen molar-refractivity contribution in [2.24, 2.45) is 0 Å². The molecule has 150 valence electrons. The van der Waals surface area contributed by atoms with Gasteiger partial charge in [0.05, 0.1) is 17.8 Å². The van der Waals surface area contributed by atoms with Crippen molar-refractivity contribution in [3.05, 3.63) is 83.9 Å². The number of likely N-dealkylation sites (N-methyl/N-ethyl adjacent to an activating group) is 1. The quantitative estimate of drug-likeness (QED) is 0.633. The van der Waals surface area contributed by atoms with Gasteiger partial charge in [0.15, 0.2) is 5.11 Å². The smallest absolute Gasteiger partial charge is 0.170 e. The molecule has 0 amide bonds. The molecule has 29 heavy (non-hydrogen) atoms. The minimum atomic E-state index is 0.00400. The summed E-state index contributed by atoms with van der Waals surface area (Å²) in [5.74, 6) is 0. The summed E-state index contributed by atoms with van der Waals surface area (Å²) in [6.45, 7) is 3.91. The Bertz CT molecular complexity index is 982. The summed E-state index contributed by atoms with van der Waals surface area (Å²) in [6, 6.07) is 19.0. The third kappa shape index (κ3) is 4.04. The SMILES string of the molecule is Cc1cccc(-n2cccc2[C@@H]2[C@H](c3ccccn3)NC(=S)N2CCN(C)C)c1. The van der Waals surface area contributed by atoms with E-state index in [9.17, 15) is 0 Å². The molecule has 0 unspecified atom stereocenters. The van der Waals surface area contributed by atoms with E-state index in [2.05, 4.69) is 94.3 Å². The molecule has 6 heteroatoms. The van der Waals surface area contributed by atoms with E-state index in [0.717, 1.165) is 29.6 Å². The number of pyridine rings is 1. The Hall–Kier alpha value is -2.70. The van der Waals surface area contributed by atoms with Gasteiger partial charge >= 0.3 is 0 Å². The monoisotopic (exact) mass is 405 g/mol. The highest BCUT2D eigenvalue weighted by atomic mass is 32.1. The molecule has 1 aromatic carbocycles. The fourth-order valence-electron chi connectivity index (χ4n) is 3.92. The maximum Gasteiger partial charge on any atom is 0.170 e. The van der Waals surface area contributed by atoms with Crippen LogP contribution in [0.2, 0.25) is 0 Å². The van der Waals surface area contributed by atoms with Crippen LogP contribution < -0.4 is 5.32 Å². The van der Waals surface area contributed by atoms with Crippen LogP contribution in [-0.4, -0.2) is 51.6 Å². The van der Waals surface area contributed by atoms with E-state index in [0.29, 0.717) is 0 Å². The third-order valence-electron chi connectivity index (χ3n) is 5.35. The predicted molar refractivity (Wildman–Crippen MR) is 121 cm³/mol. The lowest BCUT2D eigenvalue weighted by atomic mass is 10.0. The molecular formula is C23H27N5S. The van der Waals surface area contributed by atoms with Gasteiger partial charge in [-0.15, -0.1) is 0 Å². The van der Waals surface area contributed by atoms with Crippen molar-refractivity contribution in [2.45, 2.75) is 19.0 Å². The lowest BCUT2D eigenvalue weighted by Gasteiger charge is -2.29. The second kappa shape index (κ2) is 8.35. The van der Waals surface area contributed by atoms with Gasteiger partial charge < -0.3 is 19.7 Å². The summed E-state index contributed by atoms with van der Waals surface area (Å²) in [7, 11) is 4.18. The Morgan fingerprint density at radius 3 is 2.69 bits per heavy atom. The predicted octanol–water partition coefficient (Wildman–Crippen LogP) is 3.71. The van der Waals surface area contributed by atoms with Crippen LogP contribution in [-0.2, 0) is 0 Å². The van der Waals surface area contributed by atoms with E-state index >= 15 is 0 Å². The number of benzene rings is 1. The van der Waals surface area contributed by atoms with Crippen molar-refractivity contribution in [1.82, 2.24) is 24.7 Å². The molecule has 1 aliphatic heterocycles. The summed E-state index contributed by atoms with van der Waals surface area (Å²) in [4.78, 5) is 9.12. The van der Waals surface area contributed by atoms with Gasteiger partial charge in [0.1, 0.15) is 0 Å². The number of aryl methyl sites for hydroxylation is 1.